The Bertz CT molecular complexity index is 495. The Balaban J connectivity index is 2.36. The molecule has 2 aromatic rings. The van der Waals surface area contributed by atoms with Crippen molar-refractivity contribution in [1.82, 2.24) is 5.32 Å². The molecule has 16 heavy (non-hydrogen) atoms. The Hall–Kier alpha value is -0.510. The summed E-state index contributed by atoms with van der Waals surface area (Å²) >= 11 is 9.60. The number of likely N-dealkylation sites (N-methyl/N-ethyl adjacent to an activating group) is 1. The first kappa shape index (κ1) is 12.0. The fourth-order valence-electron chi connectivity index (χ4n) is 1.72. The highest BCUT2D eigenvalue weighted by atomic mass is 79.9. The fourth-order valence-corrected chi connectivity index (χ4v) is 2.49. The highest BCUT2D eigenvalue weighted by Crippen LogP contribution is 2.34. The largest absolute Gasteiger partial charge is 0.462 e. The lowest BCUT2D eigenvalue weighted by Gasteiger charge is -2.01. The van der Waals surface area contributed by atoms with Gasteiger partial charge >= 0.3 is 0 Å². The van der Waals surface area contributed by atoms with Gasteiger partial charge in [-0.15, -0.1) is 0 Å². The summed E-state index contributed by atoms with van der Waals surface area (Å²) in [6, 6.07) is 3.79. The van der Waals surface area contributed by atoms with E-state index in [0.29, 0.717) is 5.02 Å². The number of furan rings is 1. The SMILES string of the molecule is CCNCCc1coc2c(Cl)ccc(Br)c12. The van der Waals surface area contributed by atoms with Gasteiger partial charge in [-0.25, -0.2) is 0 Å². The van der Waals surface area contributed by atoms with Crippen molar-refractivity contribution < 1.29 is 4.42 Å². The molecule has 0 saturated carbocycles. The summed E-state index contributed by atoms with van der Waals surface area (Å²) in [6.07, 6.45) is 2.73. The van der Waals surface area contributed by atoms with Crippen molar-refractivity contribution in [2.24, 2.45) is 0 Å². The van der Waals surface area contributed by atoms with E-state index in [9.17, 15) is 0 Å². The van der Waals surface area contributed by atoms with Crippen LogP contribution in [0.4, 0.5) is 0 Å². The molecular formula is C12H13BrClNO. The molecule has 0 aliphatic rings. The molecule has 0 unspecified atom stereocenters. The van der Waals surface area contributed by atoms with Gasteiger partial charge in [0, 0.05) is 15.4 Å². The van der Waals surface area contributed by atoms with Gasteiger partial charge in [-0.05, 0) is 31.6 Å². The van der Waals surface area contributed by atoms with E-state index in [1.54, 1.807) is 6.26 Å². The van der Waals surface area contributed by atoms with Crippen molar-refractivity contribution in [2.75, 3.05) is 13.1 Å². The van der Waals surface area contributed by atoms with E-state index < -0.39 is 0 Å². The van der Waals surface area contributed by atoms with E-state index in [2.05, 4.69) is 28.2 Å². The molecule has 4 heteroatoms. The third-order valence-corrected chi connectivity index (χ3v) is 3.48. The van der Waals surface area contributed by atoms with E-state index >= 15 is 0 Å². The van der Waals surface area contributed by atoms with Crippen LogP contribution < -0.4 is 5.32 Å². The first-order valence-corrected chi connectivity index (χ1v) is 6.46. The third kappa shape index (κ3) is 2.26. The molecule has 0 bridgehead atoms. The standard InChI is InChI=1S/C12H13BrClNO/c1-2-15-6-5-8-7-16-12-10(14)4-3-9(13)11(8)12/h3-4,7,15H,2,5-6H2,1H3. The van der Waals surface area contributed by atoms with Crippen molar-refractivity contribution in [3.8, 4) is 0 Å². The van der Waals surface area contributed by atoms with Crippen LogP contribution in [-0.2, 0) is 6.42 Å². The van der Waals surface area contributed by atoms with Gasteiger partial charge in [0.2, 0.25) is 0 Å². The topological polar surface area (TPSA) is 25.2 Å². The Labute approximate surface area is 108 Å². The van der Waals surface area contributed by atoms with Crippen molar-refractivity contribution in [3.63, 3.8) is 0 Å². The van der Waals surface area contributed by atoms with Gasteiger partial charge in [0.25, 0.3) is 0 Å². The third-order valence-electron chi connectivity index (χ3n) is 2.52. The molecule has 0 spiro atoms. The number of nitrogens with one attached hydrogen (secondary N) is 1. The second-order valence-corrected chi connectivity index (χ2v) is 4.86. The van der Waals surface area contributed by atoms with Crippen molar-refractivity contribution in [3.05, 3.63) is 33.5 Å². The number of rotatable bonds is 4. The first-order chi connectivity index (χ1) is 7.74. The molecule has 0 fully saturated rings. The lowest BCUT2D eigenvalue weighted by Crippen LogP contribution is -2.15. The zero-order valence-electron chi connectivity index (χ0n) is 9.02. The summed E-state index contributed by atoms with van der Waals surface area (Å²) in [7, 11) is 0. The fraction of sp³-hybridized carbons (Fsp3) is 0.333. The summed E-state index contributed by atoms with van der Waals surface area (Å²) in [5.41, 5.74) is 1.95. The highest BCUT2D eigenvalue weighted by Gasteiger charge is 2.11. The highest BCUT2D eigenvalue weighted by molar-refractivity contribution is 9.10. The molecule has 0 atom stereocenters. The quantitative estimate of drug-likeness (QED) is 0.864. The Morgan fingerprint density at radius 2 is 2.25 bits per heavy atom. The maximum atomic E-state index is 6.07. The predicted molar refractivity (Wildman–Crippen MR) is 71.2 cm³/mol. The average molecular weight is 303 g/mol. The zero-order valence-corrected chi connectivity index (χ0v) is 11.4. The lowest BCUT2D eigenvalue weighted by atomic mass is 10.1. The van der Waals surface area contributed by atoms with Crippen molar-refractivity contribution in [2.45, 2.75) is 13.3 Å². The van der Waals surface area contributed by atoms with E-state index in [1.165, 1.54) is 5.56 Å². The summed E-state index contributed by atoms with van der Waals surface area (Å²) in [5, 5.41) is 5.04. The summed E-state index contributed by atoms with van der Waals surface area (Å²) in [4.78, 5) is 0. The van der Waals surface area contributed by atoms with E-state index in [4.69, 9.17) is 16.0 Å². The van der Waals surface area contributed by atoms with Crippen LogP contribution in [0.1, 0.15) is 12.5 Å². The van der Waals surface area contributed by atoms with Gasteiger partial charge in [0.15, 0.2) is 5.58 Å². The van der Waals surface area contributed by atoms with Crippen LogP contribution in [0.15, 0.2) is 27.3 Å². The van der Waals surface area contributed by atoms with E-state index in [1.807, 2.05) is 12.1 Å². The molecule has 0 amide bonds. The molecule has 1 N–H and O–H groups in total. The van der Waals surface area contributed by atoms with Gasteiger partial charge in [-0.2, -0.15) is 0 Å². The van der Waals surface area contributed by atoms with Crippen LogP contribution in [-0.4, -0.2) is 13.1 Å². The van der Waals surface area contributed by atoms with Crippen molar-refractivity contribution >= 4 is 38.5 Å². The molecular weight excluding hydrogens is 289 g/mol. The van der Waals surface area contributed by atoms with E-state index in [-0.39, 0.29) is 0 Å². The molecule has 86 valence electrons. The van der Waals surface area contributed by atoms with Crippen LogP contribution in [0.5, 0.6) is 0 Å². The predicted octanol–water partition coefficient (Wildman–Crippen LogP) is 4.00. The normalized spacial score (nSPS) is 11.2. The molecule has 0 aliphatic heterocycles. The molecule has 1 aromatic carbocycles. The molecule has 1 heterocycles. The minimum Gasteiger partial charge on any atom is -0.462 e. The summed E-state index contributed by atoms with van der Waals surface area (Å²) in [5.74, 6) is 0. The molecule has 1 aromatic heterocycles. The van der Waals surface area contributed by atoms with Crippen LogP contribution in [0.3, 0.4) is 0 Å². The molecule has 0 aliphatic carbocycles. The average Bonchev–Trinajstić information content (AvgIpc) is 2.69. The summed E-state index contributed by atoms with van der Waals surface area (Å²) in [6.45, 7) is 4.03. The molecule has 0 saturated heterocycles. The Kier molecular flexibility index (Phi) is 3.90. The zero-order chi connectivity index (χ0) is 11.5. The first-order valence-electron chi connectivity index (χ1n) is 5.28. The summed E-state index contributed by atoms with van der Waals surface area (Å²) < 4.78 is 6.54. The molecule has 2 rings (SSSR count). The smallest absolute Gasteiger partial charge is 0.153 e. The maximum absolute atomic E-state index is 6.07. The van der Waals surface area contributed by atoms with Crippen molar-refractivity contribution in [1.29, 1.82) is 0 Å². The van der Waals surface area contributed by atoms with Crippen LogP contribution >= 0.6 is 27.5 Å². The second-order valence-electron chi connectivity index (χ2n) is 3.60. The molecule has 2 nitrogen and oxygen atoms in total. The Morgan fingerprint density at radius 3 is 3.00 bits per heavy atom. The lowest BCUT2D eigenvalue weighted by molar-refractivity contribution is 0.607. The number of halogens is 2. The minimum atomic E-state index is 0.660. The second kappa shape index (κ2) is 5.21. The van der Waals surface area contributed by atoms with Gasteiger partial charge in [0.1, 0.15) is 0 Å². The molecule has 0 radical (unpaired) electrons. The van der Waals surface area contributed by atoms with Gasteiger partial charge in [0.05, 0.1) is 11.3 Å². The van der Waals surface area contributed by atoms with E-state index in [0.717, 1.165) is 35.0 Å². The number of benzene rings is 1. The van der Waals surface area contributed by atoms with Crippen LogP contribution in [0.25, 0.3) is 11.0 Å². The number of hydrogen-bond acceptors (Lipinski definition) is 2. The van der Waals surface area contributed by atoms with Gasteiger partial charge in [-0.3, -0.25) is 0 Å². The Morgan fingerprint density at radius 1 is 1.44 bits per heavy atom. The number of hydrogen-bond donors (Lipinski definition) is 1. The van der Waals surface area contributed by atoms with Gasteiger partial charge < -0.3 is 9.73 Å². The van der Waals surface area contributed by atoms with Crippen LogP contribution in [0, 0.1) is 0 Å². The minimum absolute atomic E-state index is 0.660. The monoisotopic (exact) mass is 301 g/mol. The van der Waals surface area contributed by atoms with Gasteiger partial charge in [-0.1, -0.05) is 34.5 Å². The maximum Gasteiger partial charge on any atom is 0.153 e. The van der Waals surface area contributed by atoms with Crippen LogP contribution in [0.2, 0.25) is 5.02 Å². The number of fused-ring (bicyclic) bond motifs is 1.